The van der Waals surface area contributed by atoms with E-state index < -0.39 is 65.5 Å². The average molecular weight is 963 g/mol. The molecular formula is C42H62N6O16Si2. The Labute approximate surface area is 384 Å². The molecule has 0 spiro atoms. The molecule has 0 radical (unpaired) electrons. The van der Waals surface area contributed by atoms with Gasteiger partial charge < -0.3 is 63.4 Å². The molecule has 2 saturated heterocycles. The zero-order valence-corrected chi connectivity index (χ0v) is 40.3. The summed E-state index contributed by atoms with van der Waals surface area (Å²) >= 11 is 0. The second-order valence-electron chi connectivity index (χ2n) is 16.1. The smallest absolute Gasteiger partial charge is 0.335 e. The number of aliphatic carboxylic acids is 4. The lowest BCUT2D eigenvalue weighted by atomic mass is 10.1. The van der Waals surface area contributed by atoms with Crippen molar-refractivity contribution in [2.24, 2.45) is 5.73 Å². The Balaban J connectivity index is 0.000000615. The van der Waals surface area contributed by atoms with Gasteiger partial charge in [-0.05, 0) is 34.3 Å². The number of ether oxygens (including phenoxy) is 4. The first-order valence-corrected chi connectivity index (χ1v) is 25.1. The highest BCUT2D eigenvalue weighted by molar-refractivity contribution is 6.84. The molecule has 0 unspecified atom stereocenters. The Hall–Kier alpha value is -5.29. The van der Waals surface area contributed by atoms with E-state index in [2.05, 4.69) is 75.7 Å². The van der Waals surface area contributed by atoms with Gasteiger partial charge in [0.25, 0.3) is 5.91 Å². The van der Waals surface area contributed by atoms with Crippen molar-refractivity contribution in [2.45, 2.75) is 102 Å². The summed E-state index contributed by atoms with van der Waals surface area (Å²) in [5.41, 5.74) is 7.52. The fraction of sp³-hybridized carbons (Fsp3) is 0.524. The summed E-state index contributed by atoms with van der Waals surface area (Å²) in [5.74, 6) is -5.05. The number of carboxylic acids is 4. The molecule has 66 heavy (non-hydrogen) atoms. The molecule has 0 aliphatic carbocycles. The van der Waals surface area contributed by atoms with Crippen molar-refractivity contribution in [3.05, 3.63) is 72.9 Å². The lowest BCUT2D eigenvalue weighted by molar-refractivity contribution is -0.142. The number of carboxylic acid groups (broad SMARTS) is 4. The van der Waals surface area contributed by atoms with E-state index in [1.54, 1.807) is 30.6 Å². The molecule has 2 aliphatic rings. The standard InChI is InChI=1S/C34H54N6O8Si2.2C4H4O4/c1-22(2)49(23(3)4)45-18-27-29(47-50(48-49,24(5)6)25(7)8)30(44-21-43-17-16-42-15-14-35)34(46-27)40-20-38-28-31(36-19-37-32(28)40)39-33(41)26-12-10-9-11-13-26;2*5-3(6)1-2-4(7)8/h9-13,19-20,22-25,27,29-30,34H,14-18,21,35H2,1-8H3,(H,36,37,39,41);2*1-2H,(H,5,6)(H,7,8)/b;2*2-1+/t27-,29-,30-,34-;;/m1../s1. The van der Waals surface area contributed by atoms with Gasteiger partial charge in [0.1, 0.15) is 31.4 Å². The van der Waals surface area contributed by atoms with Gasteiger partial charge in [0.2, 0.25) is 0 Å². The zero-order valence-electron chi connectivity index (χ0n) is 38.3. The second-order valence-corrected chi connectivity index (χ2v) is 24.9. The lowest BCUT2D eigenvalue weighted by Gasteiger charge is -2.51. The predicted octanol–water partition coefficient (Wildman–Crippen LogP) is 4.69. The van der Waals surface area contributed by atoms with Crippen molar-refractivity contribution < 1.29 is 76.3 Å². The van der Waals surface area contributed by atoms with E-state index >= 15 is 0 Å². The first-order valence-electron chi connectivity index (χ1n) is 21.2. The van der Waals surface area contributed by atoms with Crippen LogP contribution in [0, 0.1) is 0 Å². The molecule has 5 rings (SSSR count). The van der Waals surface area contributed by atoms with Crippen LogP contribution < -0.4 is 11.1 Å². The lowest BCUT2D eigenvalue weighted by Crippen LogP contribution is -2.66. The molecule has 7 N–H and O–H groups in total. The number of carbonyl (C=O) groups excluding carboxylic acids is 1. The fourth-order valence-corrected chi connectivity index (χ4v) is 18.4. The minimum Gasteiger partial charge on any atom is -0.478 e. The van der Waals surface area contributed by atoms with Gasteiger partial charge in [0, 0.05) is 36.4 Å². The summed E-state index contributed by atoms with van der Waals surface area (Å²) in [6.45, 7) is 19.4. The number of imidazole rings is 1. The quantitative estimate of drug-likeness (QED) is 0.0411. The number of aromatic nitrogens is 4. The van der Waals surface area contributed by atoms with Crippen molar-refractivity contribution >= 4 is 63.9 Å². The Morgan fingerprint density at radius 1 is 0.788 bits per heavy atom. The molecule has 0 bridgehead atoms. The van der Waals surface area contributed by atoms with Gasteiger partial charge in [-0.2, -0.15) is 0 Å². The topological polar surface area (TPSA) is 313 Å². The van der Waals surface area contributed by atoms with Gasteiger partial charge in [0.15, 0.2) is 23.2 Å². The first kappa shape index (κ1) is 55.0. The number of amides is 1. The van der Waals surface area contributed by atoms with Gasteiger partial charge in [0.05, 0.1) is 32.8 Å². The maximum absolute atomic E-state index is 13.0. The normalized spacial score (nSPS) is 20.1. The van der Waals surface area contributed by atoms with Crippen molar-refractivity contribution in [3.8, 4) is 0 Å². The van der Waals surface area contributed by atoms with Gasteiger partial charge in [-0.3, -0.25) is 9.36 Å². The van der Waals surface area contributed by atoms with Crippen LogP contribution in [-0.2, 0) is 51.1 Å². The third-order valence-corrected chi connectivity index (χ3v) is 20.5. The summed E-state index contributed by atoms with van der Waals surface area (Å²) in [7, 11) is -5.80. The van der Waals surface area contributed by atoms with Crippen LogP contribution in [-0.4, -0.2) is 145 Å². The summed E-state index contributed by atoms with van der Waals surface area (Å²) in [6.07, 6.45) is 2.87. The van der Waals surface area contributed by atoms with Gasteiger partial charge in [-0.15, -0.1) is 0 Å². The number of anilines is 1. The molecule has 0 saturated carbocycles. The highest BCUT2D eigenvalue weighted by Crippen LogP contribution is 2.49. The van der Waals surface area contributed by atoms with E-state index in [9.17, 15) is 24.0 Å². The largest absolute Gasteiger partial charge is 0.478 e. The fourth-order valence-electron chi connectivity index (χ4n) is 7.20. The predicted molar refractivity (Wildman–Crippen MR) is 242 cm³/mol. The number of carbonyl (C=O) groups is 5. The Morgan fingerprint density at radius 3 is 1.85 bits per heavy atom. The van der Waals surface area contributed by atoms with Crippen LogP contribution in [0.25, 0.3) is 11.2 Å². The molecule has 1 aromatic carbocycles. The van der Waals surface area contributed by atoms with Crippen LogP contribution in [0.1, 0.15) is 72.0 Å². The van der Waals surface area contributed by atoms with Crippen LogP contribution in [0.4, 0.5) is 5.82 Å². The molecule has 3 aromatic rings. The van der Waals surface area contributed by atoms with Crippen molar-refractivity contribution in [2.75, 3.05) is 45.1 Å². The minimum atomic E-state index is -3.00. The molecule has 2 aliphatic heterocycles. The Kier molecular flexibility index (Phi) is 21.8. The molecule has 4 heterocycles. The SMILES string of the molecule is CC(C)[Si]1(C(C)C)OC[C@H]2O[C@@H](n3cnc4c(NC(=O)c5ccccc5)ncnc43)[C@H](OCOCCOCCN)[C@@H]2O[Si](C(C)C)(C(C)C)O1.O=C(O)/C=C/C(=O)O.O=C(O)/C=C/C(=O)O. The van der Waals surface area contributed by atoms with Crippen LogP contribution in [0.2, 0.25) is 22.2 Å². The Bertz CT molecular complexity index is 2040. The molecule has 2 aromatic heterocycles. The number of hydrogen-bond acceptors (Lipinski definition) is 16. The third-order valence-electron chi connectivity index (χ3n) is 10.2. The molecule has 2 fully saturated rings. The van der Waals surface area contributed by atoms with Crippen molar-refractivity contribution in [1.29, 1.82) is 0 Å². The van der Waals surface area contributed by atoms with Crippen molar-refractivity contribution in [1.82, 2.24) is 19.5 Å². The summed E-state index contributed by atoms with van der Waals surface area (Å²) < 4.78 is 48.3. The highest BCUT2D eigenvalue weighted by Gasteiger charge is 2.62. The van der Waals surface area contributed by atoms with E-state index in [1.807, 2.05) is 10.6 Å². The van der Waals surface area contributed by atoms with Crippen LogP contribution in [0.3, 0.4) is 0 Å². The number of hydrogen-bond donors (Lipinski definition) is 6. The summed E-state index contributed by atoms with van der Waals surface area (Å²) in [5, 5.41) is 34.1. The van der Waals surface area contributed by atoms with E-state index in [1.165, 1.54) is 6.33 Å². The zero-order chi connectivity index (χ0) is 49.2. The second kappa shape index (κ2) is 26.2. The van der Waals surface area contributed by atoms with Gasteiger partial charge >= 0.3 is 41.0 Å². The summed E-state index contributed by atoms with van der Waals surface area (Å²) in [6, 6.07) is 8.94. The molecule has 22 nitrogen and oxygen atoms in total. The van der Waals surface area contributed by atoms with Gasteiger partial charge in [-0.25, -0.2) is 34.1 Å². The Morgan fingerprint density at radius 2 is 1.33 bits per heavy atom. The average Bonchev–Trinajstić information content (AvgIpc) is 3.83. The molecule has 24 heteroatoms. The number of rotatable bonds is 19. The minimum absolute atomic E-state index is 0.0284. The monoisotopic (exact) mass is 962 g/mol. The molecular weight excluding hydrogens is 901 g/mol. The van der Waals surface area contributed by atoms with Crippen LogP contribution in [0.5, 0.6) is 0 Å². The third kappa shape index (κ3) is 15.1. The maximum Gasteiger partial charge on any atom is 0.335 e. The van der Waals surface area contributed by atoms with E-state index in [0.29, 0.717) is 67.4 Å². The van der Waals surface area contributed by atoms with Crippen LogP contribution in [0.15, 0.2) is 67.3 Å². The van der Waals surface area contributed by atoms with E-state index in [0.717, 1.165) is 0 Å². The highest BCUT2D eigenvalue weighted by atomic mass is 28.5. The number of nitrogens with zero attached hydrogens (tertiary/aromatic N) is 4. The number of benzene rings is 1. The first-order chi connectivity index (χ1) is 31.2. The summed E-state index contributed by atoms with van der Waals surface area (Å²) in [4.78, 5) is 64.8. The number of nitrogens with two attached hydrogens (primary N) is 1. The number of fused-ring (bicyclic) bond motifs is 2. The maximum atomic E-state index is 13.0. The van der Waals surface area contributed by atoms with Crippen molar-refractivity contribution in [3.63, 3.8) is 0 Å². The molecule has 364 valence electrons. The number of nitrogens with one attached hydrogen (secondary N) is 1. The van der Waals surface area contributed by atoms with Gasteiger partial charge in [-0.1, -0.05) is 73.6 Å². The van der Waals surface area contributed by atoms with E-state index in [-0.39, 0.29) is 47.3 Å². The molecule has 4 atom stereocenters. The van der Waals surface area contributed by atoms with Crippen LogP contribution >= 0.6 is 0 Å². The van der Waals surface area contributed by atoms with E-state index in [4.69, 9.17) is 58.1 Å². The molecule has 1 amide bonds.